The predicted molar refractivity (Wildman–Crippen MR) is 82.7 cm³/mol. The van der Waals surface area contributed by atoms with Gasteiger partial charge in [0, 0.05) is 22.5 Å². The van der Waals surface area contributed by atoms with Gasteiger partial charge in [-0.15, -0.1) is 11.8 Å². The van der Waals surface area contributed by atoms with Crippen LogP contribution in [0.4, 0.5) is 0 Å². The molecular weight excluding hydrogens is 324 g/mol. The molecule has 0 unspecified atom stereocenters. The van der Waals surface area contributed by atoms with Crippen LogP contribution in [-0.4, -0.2) is 26.4 Å². The van der Waals surface area contributed by atoms with E-state index in [1.165, 1.54) is 6.33 Å². The third-order valence-electron chi connectivity index (χ3n) is 3.26. The molecule has 0 fully saturated rings. The van der Waals surface area contributed by atoms with Crippen molar-refractivity contribution in [1.29, 1.82) is 0 Å². The van der Waals surface area contributed by atoms with Crippen LogP contribution in [0.1, 0.15) is 11.3 Å². The Kier molecular flexibility index (Phi) is 3.31. The normalized spacial score (nSPS) is 13.0. The van der Waals surface area contributed by atoms with E-state index in [0.717, 1.165) is 22.0 Å². The Morgan fingerprint density at radius 1 is 1.27 bits per heavy atom. The predicted octanol–water partition coefficient (Wildman–Crippen LogP) is 3.11. The zero-order valence-corrected chi connectivity index (χ0v) is 13.2. The third-order valence-corrected chi connectivity index (χ3v) is 4.66. The van der Waals surface area contributed by atoms with Gasteiger partial charge in [0.2, 0.25) is 6.79 Å². The zero-order valence-electron chi connectivity index (χ0n) is 11.6. The molecule has 1 aliphatic rings. The van der Waals surface area contributed by atoms with E-state index >= 15 is 0 Å². The molecule has 0 bridgehead atoms. The number of aromatic nitrogens is 4. The molecule has 0 aliphatic carbocycles. The van der Waals surface area contributed by atoms with Crippen LogP contribution < -0.4 is 9.47 Å². The summed E-state index contributed by atoms with van der Waals surface area (Å²) in [6.45, 7) is 2.18. The molecule has 3 aromatic rings. The molecular formula is C14H11ClN4O2S. The minimum absolute atomic E-state index is 0.241. The molecule has 2 aromatic heterocycles. The van der Waals surface area contributed by atoms with Gasteiger partial charge in [-0.1, -0.05) is 11.6 Å². The molecule has 112 valence electrons. The molecule has 0 saturated heterocycles. The van der Waals surface area contributed by atoms with Gasteiger partial charge in [-0.3, -0.25) is 0 Å². The maximum Gasteiger partial charge on any atom is 0.253 e. The second kappa shape index (κ2) is 5.33. The van der Waals surface area contributed by atoms with Crippen molar-refractivity contribution in [3.63, 3.8) is 0 Å². The summed E-state index contributed by atoms with van der Waals surface area (Å²) < 4.78 is 12.4. The Morgan fingerprint density at radius 2 is 2.09 bits per heavy atom. The van der Waals surface area contributed by atoms with Gasteiger partial charge in [-0.05, 0) is 24.6 Å². The molecule has 1 aliphatic heterocycles. The van der Waals surface area contributed by atoms with Gasteiger partial charge in [-0.2, -0.15) is 14.6 Å². The molecule has 0 N–H and O–H groups in total. The SMILES string of the molecule is Cc1cc(SCc2cc3c(cc2Cl)OCO3)n2ncnc2n1. The van der Waals surface area contributed by atoms with Gasteiger partial charge in [0.25, 0.3) is 5.78 Å². The van der Waals surface area contributed by atoms with Crippen LogP contribution in [0.3, 0.4) is 0 Å². The maximum absolute atomic E-state index is 6.31. The molecule has 6 nitrogen and oxygen atoms in total. The highest BCUT2D eigenvalue weighted by Crippen LogP contribution is 2.38. The summed E-state index contributed by atoms with van der Waals surface area (Å²) in [6.07, 6.45) is 1.50. The number of nitrogens with zero attached hydrogens (tertiary/aromatic N) is 4. The minimum Gasteiger partial charge on any atom is -0.454 e. The summed E-state index contributed by atoms with van der Waals surface area (Å²) in [4.78, 5) is 8.45. The van der Waals surface area contributed by atoms with Gasteiger partial charge in [0.05, 0.1) is 0 Å². The van der Waals surface area contributed by atoms with Crippen LogP contribution in [0.5, 0.6) is 11.5 Å². The Morgan fingerprint density at radius 3 is 2.95 bits per heavy atom. The first-order chi connectivity index (χ1) is 10.7. The van der Waals surface area contributed by atoms with E-state index < -0.39 is 0 Å². The second-order valence-electron chi connectivity index (χ2n) is 4.79. The molecule has 8 heteroatoms. The number of hydrogen-bond donors (Lipinski definition) is 0. The highest BCUT2D eigenvalue weighted by Gasteiger charge is 2.17. The van der Waals surface area contributed by atoms with Crippen molar-refractivity contribution < 1.29 is 9.47 Å². The number of ether oxygens (including phenoxy) is 2. The Labute approximate surface area is 135 Å². The lowest BCUT2D eigenvalue weighted by atomic mass is 10.2. The Hall–Kier alpha value is -1.99. The molecule has 1 aromatic carbocycles. The van der Waals surface area contributed by atoms with E-state index in [-0.39, 0.29) is 6.79 Å². The minimum atomic E-state index is 0.241. The average Bonchev–Trinajstić information content (AvgIpc) is 3.12. The van der Waals surface area contributed by atoms with Crippen LogP contribution in [0, 0.1) is 6.92 Å². The number of rotatable bonds is 3. The van der Waals surface area contributed by atoms with Crippen LogP contribution >= 0.6 is 23.4 Å². The van der Waals surface area contributed by atoms with Crippen molar-refractivity contribution in [3.8, 4) is 11.5 Å². The lowest BCUT2D eigenvalue weighted by molar-refractivity contribution is 0.174. The zero-order chi connectivity index (χ0) is 15.1. The van der Waals surface area contributed by atoms with Crippen molar-refractivity contribution in [2.24, 2.45) is 0 Å². The first kappa shape index (κ1) is 13.7. The summed E-state index contributed by atoms with van der Waals surface area (Å²) in [5.74, 6) is 2.71. The molecule has 0 amide bonds. The van der Waals surface area contributed by atoms with Crippen LogP contribution in [-0.2, 0) is 5.75 Å². The lowest BCUT2D eigenvalue weighted by Gasteiger charge is -2.07. The summed E-state index contributed by atoms with van der Waals surface area (Å²) in [6, 6.07) is 5.69. The van der Waals surface area contributed by atoms with Crippen molar-refractivity contribution in [3.05, 3.63) is 40.8 Å². The quantitative estimate of drug-likeness (QED) is 0.542. The highest BCUT2D eigenvalue weighted by molar-refractivity contribution is 7.98. The Balaban J connectivity index is 1.63. The largest absolute Gasteiger partial charge is 0.454 e. The van der Waals surface area contributed by atoms with Crippen LogP contribution in [0.15, 0.2) is 29.6 Å². The molecule has 4 rings (SSSR count). The first-order valence-corrected chi connectivity index (χ1v) is 7.95. The van der Waals surface area contributed by atoms with Gasteiger partial charge < -0.3 is 9.47 Å². The maximum atomic E-state index is 6.31. The van der Waals surface area contributed by atoms with Crippen LogP contribution in [0.2, 0.25) is 5.02 Å². The summed E-state index contributed by atoms with van der Waals surface area (Å²) in [5, 5.41) is 5.83. The molecule has 3 heterocycles. The standard InChI is InChI=1S/C14H11ClN4O2S/c1-8-2-13(19-14(18-8)16-6-17-19)22-5-9-3-11-12(4-10(9)15)21-7-20-11/h2-4,6H,5,7H2,1H3. The second-order valence-corrected chi connectivity index (χ2v) is 6.20. The fourth-order valence-corrected chi connectivity index (χ4v) is 3.57. The highest BCUT2D eigenvalue weighted by atomic mass is 35.5. The fourth-order valence-electron chi connectivity index (χ4n) is 2.22. The van der Waals surface area contributed by atoms with Crippen molar-refractivity contribution >= 4 is 29.1 Å². The smallest absolute Gasteiger partial charge is 0.253 e. The molecule has 22 heavy (non-hydrogen) atoms. The number of halogens is 1. The summed E-state index contributed by atoms with van der Waals surface area (Å²) in [5.41, 5.74) is 1.89. The van der Waals surface area contributed by atoms with Crippen molar-refractivity contribution in [1.82, 2.24) is 19.6 Å². The van der Waals surface area contributed by atoms with E-state index in [9.17, 15) is 0 Å². The summed E-state index contributed by atoms with van der Waals surface area (Å²) in [7, 11) is 0. The van der Waals surface area contributed by atoms with Gasteiger partial charge in [0.15, 0.2) is 11.5 Å². The number of benzene rings is 1. The van der Waals surface area contributed by atoms with E-state index in [1.807, 2.05) is 19.1 Å². The summed E-state index contributed by atoms with van der Waals surface area (Å²) >= 11 is 7.93. The number of fused-ring (bicyclic) bond motifs is 2. The average molecular weight is 335 g/mol. The molecule has 0 radical (unpaired) electrons. The van der Waals surface area contributed by atoms with Gasteiger partial charge in [-0.25, -0.2) is 4.98 Å². The van der Waals surface area contributed by atoms with Crippen molar-refractivity contribution in [2.75, 3.05) is 6.79 Å². The Bertz CT molecular complexity index is 867. The van der Waals surface area contributed by atoms with E-state index in [2.05, 4.69) is 15.1 Å². The number of aryl methyl sites for hydroxylation is 1. The molecule has 0 spiro atoms. The number of hydrogen-bond acceptors (Lipinski definition) is 6. The van der Waals surface area contributed by atoms with E-state index in [1.54, 1.807) is 22.3 Å². The van der Waals surface area contributed by atoms with Crippen LogP contribution in [0.25, 0.3) is 5.78 Å². The van der Waals surface area contributed by atoms with Gasteiger partial charge in [0.1, 0.15) is 11.4 Å². The third kappa shape index (κ3) is 2.36. The number of thioether (sulfide) groups is 1. The van der Waals surface area contributed by atoms with E-state index in [4.69, 9.17) is 21.1 Å². The molecule has 0 saturated carbocycles. The lowest BCUT2D eigenvalue weighted by Crippen LogP contribution is -1.97. The van der Waals surface area contributed by atoms with E-state index in [0.29, 0.717) is 22.3 Å². The fraction of sp³-hybridized carbons (Fsp3) is 0.214. The first-order valence-electron chi connectivity index (χ1n) is 6.59. The monoisotopic (exact) mass is 334 g/mol. The molecule has 0 atom stereocenters. The van der Waals surface area contributed by atoms with Crippen molar-refractivity contribution in [2.45, 2.75) is 17.7 Å². The topological polar surface area (TPSA) is 61.5 Å². The van der Waals surface area contributed by atoms with Gasteiger partial charge >= 0.3 is 0 Å².